The summed E-state index contributed by atoms with van der Waals surface area (Å²) < 4.78 is 5.50. The number of hydrogen-bond donors (Lipinski definition) is 3. The Morgan fingerprint density at radius 3 is 0.789 bits per heavy atom. The number of allylic oxidation sites excluding steroid dienone is 2. The number of ether oxygens (including phenoxy) is 1. The van der Waals surface area contributed by atoms with Gasteiger partial charge in [0.1, 0.15) is 0 Å². The predicted molar refractivity (Wildman–Crippen MR) is 398 cm³/mol. The Bertz CT molecular complexity index is 1370. The number of nitrogens with one attached hydrogen (secondary N) is 1. The van der Waals surface area contributed by atoms with Crippen molar-refractivity contribution in [2.45, 2.75) is 501 Å². The Hall–Kier alpha value is -1.40. The molecule has 536 valence electrons. The number of rotatable bonds is 80. The highest BCUT2D eigenvalue weighted by atomic mass is 16.5. The lowest BCUT2D eigenvalue weighted by molar-refractivity contribution is -0.143. The minimum Gasteiger partial charge on any atom is -0.466 e. The van der Waals surface area contributed by atoms with Crippen molar-refractivity contribution in [2.24, 2.45) is 0 Å². The van der Waals surface area contributed by atoms with Crippen molar-refractivity contribution in [3.63, 3.8) is 0 Å². The van der Waals surface area contributed by atoms with Crippen molar-refractivity contribution < 1.29 is 24.5 Å². The summed E-state index contributed by atoms with van der Waals surface area (Å²) in [5, 5.41) is 23.5. The van der Waals surface area contributed by atoms with E-state index >= 15 is 0 Å². The zero-order chi connectivity index (χ0) is 64.9. The van der Waals surface area contributed by atoms with Crippen LogP contribution in [0.2, 0.25) is 0 Å². The Balaban J connectivity index is 3.32. The molecule has 0 aliphatic heterocycles. The average Bonchev–Trinajstić information content (AvgIpc) is 3.55. The predicted octanol–water partition coefficient (Wildman–Crippen LogP) is 27.8. The maximum atomic E-state index is 12.6. The summed E-state index contributed by atoms with van der Waals surface area (Å²) >= 11 is 0. The number of hydrogen-bond acceptors (Lipinski definition) is 5. The molecular formula is C84H165NO5. The fourth-order valence-corrected chi connectivity index (χ4v) is 13.7. The van der Waals surface area contributed by atoms with E-state index in [1.165, 1.54) is 417 Å². The second-order valence-electron chi connectivity index (χ2n) is 29.2. The number of esters is 1. The molecule has 0 spiro atoms. The molecule has 0 aliphatic rings. The van der Waals surface area contributed by atoms with Gasteiger partial charge in [0.15, 0.2) is 0 Å². The maximum Gasteiger partial charge on any atom is 0.305 e. The average molecular weight is 1270 g/mol. The SMILES string of the molecule is CCCCCCCCCCCCCCCCCCCCCCCC(O)C(CO)NC(=O)CCCCCCCCCCCCCCCCCCC/C=C\CCCCCCCCCCCCCCCCCCCCOC(=O)CCCCCCCCCCCCCCC. The van der Waals surface area contributed by atoms with E-state index < -0.39 is 12.1 Å². The molecule has 1 amide bonds. The molecule has 6 nitrogen and oxygen atoms in total. The quantitative estimate of drug-likeness (QED) is 0.0320. The van der Waals surface area contributed by atoms with Crippen LogP contribution in [0.25, 0.3) is 0 Å². The molecule has 6 heteroatoms. The van der Waals surface area contributed by atoms with Crippen molar-refractivity contribution in [3.05, 3.63) is 12.2 Å². The first-order valence-electron chi connectivity index (χ1n) is 41.9. The lowest BCUT2D eigenvalue weighted by Crippen LogP contribution is -2.45. The molecule has 0 radical (unpaired) electrons. The molecular weight excluding hydrogens is 1100 g/mol. The van der Waals surface area contributed by atoms with Crippen LogP contribution in [0.3, 0.4) is 0 Å². The van der Waals surface area contributed by atoms with Crippen LogP contribution in [0.1, 0.15) is 489 Å². The molecule has 0 saturated heterocycles. The summed E-state index contributed by atoms with van der Waals surface area (Å²) in [5.74, 6) is 0.000573. The lowest BCUT2D eigenvalue weighted by atomic mass is 10.0. The smallest absolute Gasteiger partial charge is 0.305 e. The highest BCUT2D eigenvalue weighted by Crippen LogP contribution is 2.21. The molecule has 0 heterocycles. The number of carbonyl (C=O) groups is 2. The van der Waals surface area contributed by atoms with Gasteiger partial charge in [0.05, 0.1) is 25.4 Å². The number of aliphatic hydroxyl groups is 2. The van der Waals surface area contributed by atoms with Gasteiger partial charge in [-0.15, -0.1) is 0 Å². The van der Waals surface area contributed by atoms with E-state index in [4.69, 9.17) is 4.74 Å². The van der Waals surface area contributed by atoms with E-state index in [0.29, 0.717) is 25.9 Å². The third kappa shape index (κ3) is 75.6. The molecule has 0 aliphatic carbocycles. The van der Waals surface area contributed by atoms with E-state index in [9.17, 15) is 19.8 Å². The van der Waals surface area contributed by atoms with Crippen molar-refractivity contribution in [1.82, 2.24) is 5.32 Å². The fourth-order valence-electron chi connectivity index (χ4n) is 13.7. The van der Waals surface area contributed by atoms with E-state index in [1.807, 2.05) is 0 Å². The van der Waals surface area contributed by atoms with Gasteiger partial charge in [-0.25, -0.2) is 0 Å². The van der Waals surface area contributed by atoms with E-state index in [1.54, 1.807) is 0 Å². The van der Waals surface area contributed by atoms with Crippen LogP contribution in [-0.2, 0) is 14.3 Å². The van der Waals surface area contributed by atoms with Gasteiger partial charge in [-0.3, -0.25) is 9.59 Å². The number of amides is 1. The van der Waals surface area contributed by atoms with Crippen LogP contribution in [-0.4, -0.2) is 47.4 Å². The zero-order valence-corrected chi connectivity index (χ0v) is 61.7. The summed E-state index contributed by atoms with van der Waals surface area (Å²) in [6, 6.07) is -0.539. The molecule has 90 heavy (non-hydrogen) atoms. The third-order valence-electron chi connectivity index (χ3n) is 20.1. The summed E-state index contributed by atoms with van der Waals surface area (Å²) in [5.41, 5.74) is 0. The fraction of sp³-hybridized carbons (Fsp3) is 0.952. The summed E-state index contributed by atoms with van der Waals surface area (Å²) in [6.07, 6.45) is 102. The van der Waals surface area contributed by atoms with Gasteiger partial charge in [-0.05, 0) is 51.4 Å². The topological polar surface area (TPSA) is 95.9 Å². The minimum absolute atomic E-state index is 0.0247. The summed E-state index contributed by atoms with van der Waals surface area (Å²) in [6.45, 7) is 5.02. The van der Waals surface area contributed by atoms with Gasteiger partial charge >= 0.3 is 5.97 Å². The molecule has 2 unspecified atom stereocenters. The summed E-state index contributed by atoms with van der Waals surface area (Å²) in [4.78, 5) is 24.6. The molecule has 0 rings (SSSR count). The Morgan fingerprint density at radius 1 is 0.300 bits per heavy atom. The van der Waals surface area contributed by atoms with Crippen LogP contribution in [0.15, 0.2) is 12.2 Å². The van der Waals surface area contributed by atoms with Gasteiger partial charge in [0, 0.05) is 12.8 Å². The van der Waals surface area contributed by atoms with Crippen molar-refractivity contribution in [2.75, 3.05) is 13.2 Å². The van der Waals surface area contributed by atoms with Gasteiger partial charge in [-0.2, -0.15) is 0 Å². The van der Waals surface area contributed by atoms with E-state index in [-0.39, 0.29) is 18.5 Å². The van der Waals surface area contributed by atoms with Crippen LogP contribution >= 0.6 is 0 Å². The van der Waals surface area contributed by atoms with Gasteiger partial charge in [-0.1, -0.05) is 437 Å². The largest absolute Gasteiger partial charge is 0.466 e. The van der Waals surface area contributed by atoms with Crippen molar-refractivity contribution >= 4 is 11.9 Å². The second kappa shape index (κ2) is 80.0. The lowest BCUT2D eigenvalue weighted by Gasteiger charge is -2.22. The number of unbranched alkanes of at least 4 members (excludes halogenated alkanes) is 67. The molecule has 0 bridgehead atoms. The molecule has 0 aromatic heterocycles. The second-order valence-corrected chi connectivity index (χ2v) is 29.2. The third-order valence-corrected chi connectivity index (χ3v) is 20.1. The molecule has 3 N–H and O–H groups in total. The molecule has 0 aromatic rings. The van der Waals surface area contributed by atoms with Crippen LogP contribution < -0.4 is 5.32 Å². The molecule has 0 fully saturated rings. The van der Waals surface area contributed by atoms with Crippen LogP contribution in [0.4, 0.5) is 0 Å². The Labute approximate surface area is 565 Å². The van der Waals surface area contributed by atoms with Gasteiger partial charge in [0.25, 0.3) is 0 Å². The molecule has 0 aromatic carbocycles. The Morgan fingerprint density at radius 2 is 0.522 bits per heavy atom. The first kappa shape index (κ1) is 88.6. The maximum absolute atomic E-state index is 12.6. The number of aliphatic hydroxyl groups excluding tert-OH is 2. The zero-order valence-electron chi connectivity index (χ0n) is 61.7. The summed E-state index contributed by atoms with van der Waals surface area (Å²) in [7, 11) is 0. The van der Waals surface area contributed by atoms with Gasteiger partial charge in [0.2, 0.25) is 5.91 Å². The molecule has 2 atom stereocenters. The monoisotopic (exact) mass is 1270 g/mol. The first-order valence-corrected chi connectivity index (χ1v) is 41.9. The van der Waals surface area contributed by atoms with Crippen LogP contribution in [0, 0.1) is 0 Å². The normalized spacial score (nSPS) is 12.4. The standard InChI is InChI=1S/C84H165NO5/c1-3-5-7-9-11-13-15-17-18-19-20-40-43-46-49-53-56-60-64-68-72-76-82(87)81(80-86)85-83(88)77-73-69-65-61-57-54-50-47-44-41-38-36-34-32-30-28-26-24-22-21-23-25-27-29-31-33-35-37-39-42-45-48-51-55-59-63-67-71-75-79-90-84(89)78-74-70-66-62-58-52-16-14-12-10-8-6-4-2/h21-22,81-82,86-87H,3-20,23-80H2,1-2H3,(H,85,88)/b22-21-. The Kier molecular flexibility index (Phi) is 78.8. The van der Waals surface area contributed by atoms with Crippen LogP contribution in [0.5, 0.6) is 0 Å². The first-order chi connectivity index (χ1) is 44.5. The minimum atomic E-state index is -0.662. The number of carbonyl (C=O) groups excluding carboxylic acids is 2. The van der Waals surface area contributed by atoms with Crippen molar-refractivity contribution in [1.29, 1.82) is 0 Å². The van der Waals surface area contributed by atoms with Crippen molar-refractivity contribution in [3.8, 4) is 0 Å². The van der Waals surface area contributed by atoms with E-state index in [2.05, 4.69) is 31.3 Å². The van der Waals surface area contributed by atoms with E-state index in [0.717, 1.165) is 38.5 Å². The molecule has 0 saturated carbocycles. The highest BCUT2D eigenvalue weighted by molar-refractivity contribution is 5.76. The van der Waals surface area contributed by atoms with Gasteiger partial charge < -0.3 is 20.3 Å². The highest BCUT2D eigenvalue weighted by Gasteiger charge is 2.20.